The Bertz CT molecular complexity index is 1720. The SMILES string of the molecule is CC/C=C\C/C=C\C/C=C\C/C=C\C/C=C\CCCCCC(=O)OCC(COC(=O)CCCCCC/C=C\C/C=C\C/C=C\C/C=C\CC)OC(=O)CCCCC/C=C\C/C=C\C/C=C\C/C=C\C/C=C\CC. The molecule has 6 nitrogen and oxygen atoms in total. The lowest BCUT2D eigenvalue weighted by Crippen LogP contribution is -2.30. The van der Waals surface area contributed by atoms with Gasteiger partial charge in [0, 0.05) is 19.3 Å². The van der Waals surface area contributed by atoms with Crippen molar-refractivity contribution in [2.24, 2.45) is 0 Å². The van der Waals surface area contributed by atoms with Gasteiger partial charge in [0.05, 0.1) is 0 Å². The standard InChI is InChI=1S/C67H102O6/c1-4-7-10-13-16-19-22-25-28-31-33-36-39-42-45-48-51-54-57-60-66(69)72-63-64(62-71-65(68)59-56-53-50-47-44-41-38-35-30-27-24-21-18-15-12-9-6-3)73-67(70)61-58-55-52-49-46-43-40-37-34-32-29-26-23-20-17-14-11-8-5-2/h7-12,16-21,25-30,33-34,36-38,41-43,45-46,64H,4-6,13-15,22-24,31-32,35,39-40,44,47-63H2,1-3H3/b10-7-,11-8-,12-9-,19-16-,20-17-,21-18-,28-25-,29-26-,30-27-,36-33-,37-34-,41-38-,45-42-,46-43-. The molecule has 0 aliphatic rings. The van der Waals surface area contributed by atoms with Crippen LogP contribution in [0.25, 0.3) is 0 Å². The highest BCUT2D eigenvalue weighted by molar-refractivity contribution is 5.71. The van der Waals surface area contributed by atoms with Gasteiger partial charge in [0.2, 0.25) is 0 Å². The molecule has 6 heteroatoms. The molecular weight excluding hydrogens is 901 g/mol. The Balaban J connectivity index is 4.60. The fourth-order valence-corrected chi connectivity index (χ4v) is 7.01. The molecule has 0 fully saturated rings. The zero-order chi connectivity index (χ0) is 52.9. The maximum atomic E-state index is 12.9. The summed E-state index contributed by atoms with van der Waals surface area (Å²) in [5.41, 5.74) is 0. The molecule has 0 aliphatic heterocycles. The van der Waals surface area contributed by atoms with Gasteiger partial charge in [-0.2, -0.15) is 0 Å². The van der Waals surface area contributed by atoms with Gasteiger partial charge in [-0.25, -0.2) is 0 Å². The molecule has 0 aliphatic carbocycles. The van der Waals surface area contributed by atoms with Crippen LogP contribution in [-0.2, 0) is 28.6 Å². The van der Waals surface area contributed by atoms with Crippen LogP contribution in [0.1, 0.15) is 213 Å². The Morgan fingerprint density at radius 2 is 0.493 bits per heavy atom. The van der Waals surface area contributed by atoms with E-state index in [0.717, 1.165) is 167 Å². The van der Waals surface area contributed by atoms with Crippen LogP contribution in [0.5, 0.6) is 0 Å². The third kappa shape index (κ3) is 57.5. The van der Waals surface area contributed by atoms with Crippen LogP contribution in [-0.4, -0.2) is 37.2 Å². The average Bonchev–Trinajstić information content (AvgIpc) is 3.39. The van der Waals surface area contributed by atoms with Crippen molar-refractivity contribution in [1.82, 2.24) is 0 Å². The Labute approximate surface area is 447 Å². The summed E-state index contributed by atoms with van der Waals surface area (Å²) < 4.78 is 16.8. The molecule has 73 heavy (non-hydrogen) atoms. The van der Waals surface area contributed by atoms with Crippen molar-refractivity contribution >= 4 is 17.9 Å². The molecule has 0 aromatic carbocycles. The van der Waals surface area contributed by atoms with E-state index in [1.54, 1.807) is 0 Å². The third-order valence-electron chi connectivity index (χ3n) is 11.2. The molecule has 0 aromatic heterocycles. The van der Waals surface area contributed by atoms with E-state index in [0.29, 0.717) is 19.3 Å². The molecule has 0 saturated carbocycles. The summed E-state index contributed by atoms with van der Waals surface area (Å²) in [6, 6.07) is 0. The van der Waals surface area contributed by atoms with E-state index in [2.05, 4.69) is 191 Å². The van der Waals surface area contributed by atoms with Gasteiger partial charge in [-0.1, -0.05) is 217 Å². The summed E-state index contributed by atoms with van der Waals surface area (Å²) in [6.45, 7) is 6.20. The Kier molecular flexibility index (Phi) is 55.1. The van der Waals surface area contributed by atoms with E-state index in [1.807, 2.05) is 0 Å². The molecule has 0 heterocycles. The molecule has 0 rings (SSSR count). The van der Waals surface area contributed by atoms with Crippen molar-refractivity contribution in [3.63, 3.8) is 0 Å². The summed E-state index contributed by atoms with van der Waals surface area (Å²) in [4.78, 5) is 38.2. The molecule has 0 bridgehead atoms. The Morgan fingerprint density at radius 1 is 0.274 bits per heavy atom. The van der Waals surface area contributed by atoms with Crippen molar-refractivity contribution in [2.45, 2.75) is 219 Å². The minimum atomic E-state index is -0.830. The minimum absolute atomic E-state index is 0.124. The van der Waals surface area contributed by atoms with Crippen LogP contribution in [0.4, 0.5) is 0 Å². The van der Waals surface area contributed by atoms with Gasteiger partial charge in [-0.05, 0) is 148 Å². The van der Waals surface area contributed by atoms with E-state index >= 15 is 0 Å². The number of carbonyl (C=O) groups is 3. The molecule has 1 unspecified atom stereocenters. The minimum Gasteiger partial charge on any atom is -0.462 e. The topological polar surface area (TPSA) is 78.9 Å². The maximum absolute atomic E-state index is 12.9. The zero-order valence-electron chi connectivity index (χ0n) is 46.3. The quantitative estimate of drug-likeness (QED) is 0.0261. The average molecular weight is 1000 g/mol. The summed E-state index contributed by atoms with van der Waals surface area (Å²) in [5.74, 6) is -1.02. The molecule has 0 N–H and O–H groups in total. The smallest absolute Gasteiger partial charge is 0.306 e. The predicted octanol–water partition coefficient (Wildman–Crippen LogP) is 19.5. The first-order valence-corrected chi connectivity index (χ1v) is 28.6. The number of rotatable bonds is 49. The maximum Gasteiger partial charge on any atom is 0.306 e. The number of hydrogen-bond donors (Lipinski definition) is 0. The van der Waals surface area contributed by atoms with E-state index in [1.165, 1.54) is 0 Å². The van der Waals surface area contributed by atoms with Gasteiger partial charge in [0.15, 0.2) is 6.10 Å². The lowest BCUT2D eigenvalue weighted by molar-refractivity contribution is -0.167. The van der Waals surface area contributed by atoms with Crippen molar-refractivity contribution in [2.75, 3.05) is 13.2 Å². The molecule has 0 spiro atoms. The van der Waals surface area contributed by atoms with Gasteiger partial charge in [-0.15, -0.1) is 0 Å². The van der Waals surface area contributed by atoms with Gasteiger partial charge >= 0.3 is 17.9 Å². The van der Waals surface area contributed by atoms with E-state index < -0.39 is 6.10 Å². The van der Waals surface area contributed by atoms with Crippen LogP contribution < -0.4 is 0 Å². The summed E-state index contributed by atoms with van der Waals surface area (Å²) in [5, 5.41) is 0. The lowest BCUT2D eigenvalue weighted by Gasteiger charge is -2.18. The van der Waals surface area contributed by atoms with E-state index in [9.17, 15) is 14.4 Å². The van der Waals surface area contributed by atoms with Crippen LogP contribution in [0.15, 0.2) is 170 Å². The normalized spacial score (nSPS) is 13.4. The van der Waals surface area contributed by atoms with Crippen LogP contribution in [0, 0.1) is 0 Å². The zero-order valence-corrected chi connectivity index (χ0v) is 46.3. The lowest BCUT2D eigenvalue weighted by atomic mass is 10.1. The monoisotopic (exact) mass is 1000 g/mol. The molecule has 0 aromatic rings. The highest BCUT2D eigenvalue weighted by atomic mass is 16.6. The first-order chi connectivity index (χ1) is 36.0. The first kappa shape index (κ1) is 67.8. The van der Waals surface area contributed by atoms with Crippen LogP contribution in [0.3, 0.4) is 0 Å². The largest absolute Gasteiger partial charge is 0.462 e. The molecule has 0 saturated heterocycles. The second kappa shape index (κ2) is 59.3. The number of carbonyl (C=O) groups excluding carboxylic acids is 3. The molecule has 1 atom stereocenters. The fraction of sp³-hybridized carbons (Fsp3) is 0.537. The van der Waals surface area contributed by atoms with Gasteiger partial charge in [0.25, 0.3) is 0 Å². The second-order valence-corrected chi connectivity index (χ2v) is 18.0. The summed E-state index contributed by atoms with van der Waals surface area (Å²) in [7, 11) is 0. The Hall–Kier alpha value is -5.23. The molecule has 406 valence electrons. The molecule has 0 amide bonds. The van der Waals surface area contributed by atoms with Crippen molar-refractivity contribution < 1.29 is 28.6 Å². The predicted molar refractivity (Wildman–Crippen MR) is 315 cm³/mol. The van der Waals surface area contributed by atoms with Gasteiger partial charge < -0.3 is 14.2 Å². The number of hydrogen-bond acceptors (Lipinski definition) is 6. The number of ether oxygens (including phenoxy) is 3. The number of unbranched alkanes of at least 4 members (excludes halogenated alkanes) is 10. The highest BCUT2D eigenvalue weighted by Crippen LogP contribution is 2.12. The fourth-order valence-electron chi connectivity index (χ4n) is 7.01. The van der Waals surface area contributed by atoms with E-state index in [-0.39, 0.29) is 37.5 Å². The number of allylic oxidation sites excluding steroid dienone is 28. The summed E-state index contributed by atoms with van der Waals surface area (Å²) >= 11 is 0. The molecule has 0 radical (unpaired) electrons. The number of esters is 3. The van der Waals surface area contributed by atoms with Crippen molar-refractivity contribution in [3.8, 4) is 0 Å². The van der Waals surface area contributed by atoms with Crippen LogP contribution in [0.2, 0.25) is 0 Å². The first-order valence-electron chi connectivity index (χ1n) is 28.6. The Morgan fingerprint density at radius 3 is 0.767 bits per heavy atom. The second-order valence-electron chi connectivity index (χ2n) is 18.0. The van der Waals surface area contributed by atoms with Gasteiger partial charge in [0.1, 0.15) is 13.2 Å². The van der Waals surface area contributed by atoms with E-state index in [4.69, 9.17) is 14.2 Å². The highest BCUT2D eigenvalue weighted by Gasteiger charge is 2.19. The molecular formula is C67H102O6. The van der Waals surface area contributed by atoms with Crippen molar-refractivity contribution in [3.05, 3.63) is 170 Å². The summed E-state index contributed by atoms with van der Waals surface area (Å²) in [6.07, 6.45) is 87.7. The van der Waals surface area contributed by atoms with Crippen LogP contribution >= 0.6 is 0 Å². The van der Waals surface area contributed by atoms with Gasteiger partial charge in [-0.3, -0.25) is 14.4 Å². The van der Waals surface area contributed by atoms with Crippen molar-refractivity contribution in [1.29, 1.82) is 0 Å². The third-order valence-corrected chi connectivity index (χ3v) is 11.2.